The Balaban J connectivity index is 1.49. The van der Waals surface area contributed by atoms with E-state index in [2.05, 4.69) is 58.4 Å². The molecule has 0 spiro atoms. The number of para-hydroxylation sites is 2. The first kappa shape index (κ1) is 20.6. The lowest BCUT2D eigenvalue weighted by Crippen LogP contribution is -2.24. The average molecular weight is 438 g/mol. The number of thioether (sulfide) groups is 1. The van der Waals surface area contributed by atoms with Crippen molar-refractivity contribution in [2.75, 3.05) is 5.32 Å². The number of aryl methyl sites for hydroxylation is 3. The zero-order chi connectivity index (χ0) is 21.3. The minimum atomic E-state index is -0.277. The highest BCUT2D eigenvalue weighted by Crippen LogP contribution is 2.33. The smallest absolute Gasteiger partial charge is 0.239 e. The molecule has 4 aromatic rings. The molecule has 0 saturated heterocycles. The molecule has 0 fully saturated rings. The van der Waals surface area contributed by atoms with Crippen LogP contribution >= 0.6 is 23.1 Å². The number of nitrogens with zero attached hydrogens (tertiary/aromatic N) is 3. The number of nitrogens with one attached hydrogen (secondary N) is 2. The van der Waals surface area contributed by atoms with Crippen LogP contribution < -0.4 is 5.32 Å². The lowest BCUT2D eigenvalue weighted by atomic mass is 10.0. The summed E-state index contributed by atoms with van der Waals surface area (Å²) in [7, 11) is 0. The molecule has 6 nitrogen and oxygen atoms in total. The van der Waals surface area contributed by atoms with Crippen molar-refractivity contribution in [2.24, 2.45) is 0 Å². The first-order chi connectivity index (χ1) is 14.4. The Labute approximate surface area is 183 Å². The van der Waals surface area contributed by atoms with Gasteiger partial charge in [0, 0.05) is 5.56 Å². The quantitative estimate of drug-likeness (QED) is 0.388. The maximum absolute atomic E-state index is 12.9. The molecule has 4 rings (SSSR count). The first-order valence-corrected chi connectivity index (χ1v) is 11.5. The van der Waals surface area contributed by atoms with Crippen molar-refractivity contribution in [1.82, 2.24) is 20.2 Å². The fourth-order valence-corrected chi connectivity index (χ4v) is 5.36. The molecule has 0 saturated carbocycles. The van der Waals surface area contributed by atoms with Crippen molar-refractivity contribution in [1.29, 1.82) is 0 Å². The second-order valence-electron chi connectivity index (χ2n) is 7.25. The van der Waals surface area contributed by atoms with Gasteiger partial charge < -0.3 is 4.98 Å². The number of hydrogen-bond acceptors (Lipinski definition) is 6. The Kier molecular flexibility index (Phi) is 5.87. The Morgan fingerprint density at radius 3 is 2.60 bits per heavy atom. The molecule has 2 N–H and O–H groups in total. The number of aromatic nitrogens is 4. The molecule has 154 valence electrons. The SMILES string of the molecule is CCC(Sc1nc2ccccc2[nH]1)C(=O)Nc1nnc(-c2c(C)cc(C)cc2C)s1. The van der Waals surface area contributed by atoms with E-state index in [4.69, 9.17) is 0 Å². The van der Waals surface area contributed by atoms with Gasteiger partial charge in [-0.05, 0) is 50.5 Å². The number of hydrogen-bond donors (Lipinski definition) is 2. The van der Waals surface area contributed by atoms with Crippen LogP contribution in [0.5, 0.6) is 0 Å². The van der Waals surface area contributed by atoms with Crippen LogP contribution in [0.15, 0.2) is 41.6 Å². The Hall–Kier alpha value is -2.71. The molecule has 0 aliphatic heterocycles. The van der Waals surface area contributed by atoms with Crippen molar-refractivity contribution < 1.29 is 4.79 Å². The van der Waals surface area contributed by atoms with Gasteiger partial charge in [-0.25, -0.2) is 4.98 Å². The van der Waals surface area contributed by atoms with Crippen molar-refractivity contribution in [3.8, 4) is 10.6 Å². The lowest BCUT2D eigenvalue weighted by Gasteiger charge is -2.11. The zero-order valence-electron chi connectivity index (χ0n) is 17.3. The van der Waals surface area contributed by atoms with E-state index in [9.17, 15) is 4.79 Å². The fraction of sp³-hybridized carbons (Fsp3) is 0.273. The van der Waals surface area contributed by atoms with E-state index in [-0.39, 0.29) is 11.2 Å². The number of aromatic amines is 1. The molecule has 1 unspecified atom stereocenters. The maximum Gasteiger partial charge on any atom is 0.239 e. The summed E-state index contributed by atoms with van der Waals surface area (Å²) in [5, 5.41) is 13.2. The van der Waals surface area contributed by atoms with Crippen molar-refractivity contribution in [3.63, 3.8) is 0 Å². The van der Waals surface area contributed by atoms with Gasteiger partial charge in [-0.1, -0.05) is 59.9 Å². The third-order valence-corrected chi connectivity index (χ3v) is 6.94. The fourth-order valence-electron chi connectivity index (χ4n) is 3.52. The van der Waals surface area contributed by atoms with Gasteiger partial charge in [0.2, 0.25) is 11.0 Å². The Bertz CT molecular complexity index is 1160. The molecule has 0 bridgehead atoms. The number of carbonyl (C=O) groups is 1. The molecule has 30 heavy (non-hydrogen) atoms. The minimum Gasteiger partial charge on any atom is -0.333 e. The van der Waals surface area contributed by atoms with Gasteiger partial charge in [-0.15, -0.1) is 10.2 Å². The van der Waals surface area contributed by atoms with Crippen LogP contribution in [0.3, 0.4) is 0 Å². The predicted molar refractivity (Wildman–Crippen MR) is 124 cm³/mol. The van der Waals surface area contributed by atoms with E-state index in [1.54, 1.807) is 0 Å². The van der Waals surface area contributed by atoms with Crippen LogP contribution in [0.2, 0.25) is 0 Å². The van der Waals surface area contributed by atoms with Crippen molar-refractivity contribution in [3.05, 3.63) is 53.1 Å². The Morgan fingerprint density at radius 1 is 1.17 bits per heavy atom. The first-order valence-electron chi connectivity index (χ1n) is 9.78. The molecule has 1 atom stereocenters. The molecule has 2 heterocycles. The predicted octanol–water partition coefficient (Wildman–Crippen LogP) is 5.52. The molecule has 0 aliphatic carbocycles. The number of anilines is 1. The summed E-state index contributed by atoms with van der Waals surface area (Å²) in [6.45, 7) is 8.22. The molecule has 1 amide bonds. The molecule has 0 radical (unpaired) electrons. The van der Waals surface area contributed by atoms with Crippen LogP contribution in [0, 0.1) is 20.8 Å². The molecule has 8 heteroatoms. The average Bonchev–Trinajstić information content (AvgIpc) is 3.31. The summed E-state index contributed by atoms with van der Waals surface area (Å²) in [4.78, 5) is 20.7. The monoisotopic (exact) mass is 437 g/mol. The number of imidazole rings is 1. The number of fused-ring (bicyclic) bond motifs is 1. The highest BCUT2D eigenvalue weighted by molar-refractivity contribution is 8.00. The van der Waals surface area contributed by atoms with E-state index >= 15 is 0 Å². The van der Waals surface area contributed by atoms with E-state index in [0.717, 1.165) is 37.9 Å². The van der Waals surface area contributed by atoms with Gasteiger partial charge >= 0.3 is 0 Å². The topological polar surface area (TPSA) is 83.6 Å². The third-order valence-electron chi connectivity index (χ3n) is 4.83. The van der Waals surface area contributed by atoms with Gasteiger partial charge in [-0.3, -0.25) is 10.1 Å². The van der Waals surface area contributed by atoms with Crippen molar-refractivity contribution in [2.45, 2.75) is 44.5 Å². The van der Waals surface area contributed by atoms with Crippen LogP contribution in [0.25, 0.3) is 21.6 Å². The minimum absolute atomic E-state index is 0.0944. The van der Waals surface area contributed by atoms with Gasteiger partial charge in [0.15, 0.2) is 5.16 Å². The van der Waals surface area contributed by atoms with Gasteiger partial charge in [0.1, 0.15) is 5.01 Å². The number of H-pyrrole nitrogens is 1. The zero-order valence-corrected chi connectivity index (χ0v) is 18.9. The largest absolute Gasteiger partial charge is 0.333 e. The molecular weight excluding hydrogens is 414 g/mol. The summed E-state index contributed by atoms with van der Waals surface area (Å²) in [5.74, 6) is -0.0944. The molecule has 2 aromatic carbocycles. The molecular formula is C22H23N5OS2. The van der Waals surface area contributed by atoms with Crippen LogP contribution in [-0.4, -0.2) is 31.3 Å². The second kappa shape index (κ2) is 8.57. The van der Waals surface area contributed by atoms with E-state index < -0.39 is 0 Å². The normalized spacial score (nSPS) is 12.3. The highest BCUT2D eigenvalue weighted by Gasteiger charge is 2.22. The summed E-state index contributed by atoms with van der Waals surface area (Å²) in [5.41, 5.74) is 6.49. The molecule has 0 aliphatic rings. The summed E-state index contributed by atoms with van der Waals surface area (Å²) in [6.07, 6.45) is 0.676. The van der Waals surface area contributed by atoms with Gasteiger partial charge in [-0.2, -0.15) is 0 Å². The summed E-state index contributed by atoms with van der Waals surface area (Å²) >= 11 is 2.83. The number of benzene rings is 2. The van der Waals surface area contributed by atoms with Crippen molar-refractivity contribution >= 4 is 45.2 Å². The van der Waals surface area contributed by atoms with Crippen LogP contribution in [0.4, 0.5) is 5.13 Å². The van der Waals surface area contributed by atoms with Gasteiger partial charge in [0.05, 0.1) is 16.3 Å². The lowest BCUT2D eigenvalue weighted by molar-refractivity contribution is -0.115. The third kappa shape index (κ3) is 4.24. The summed E-state index contributed by atoms with van der Waals surface area (Å²) < 4.78 is 0. The summed E-state index contributed by atoms with van der Waals surface area (Å²) in [6, 6.07) is 12.1. The number of carbonyl (C=O) groups excluding carboxylic acids is 1. The Morgan fingerprint density at radius 2 is 1.90 bits per heavy atom. The van der Waals surface area contributed by atoms with E-state index in [1.807, 2.05) is 31.2 Å². The second-order valence-corrected chi connectivity index (χ2v) is 9.42. The van der Waals surface area contributed by atoms with Crippen LogP contribution in [-0.2, 0) is 4.79 Å². The molecule has 2 aromatic heterocycles. The van der Waals surface area contributed by atoms with E-state index in [1.165, 1.54) is 28.7 Å². The standard InChI is InChI=1S/C22H23N5OS2/c1-5-17(29-21-23-15-8-6-7-9-16(15)24-21)19(28)25-22-27-26-20(30-22)18-13(3)10-12(2)11-14(18)4/h6-11,17H,5H2,1-4H3,(H,23,24)(H,25,27,28). The number of amides is 1. The van der Waals surface area contributed by atoms with Crippen LogP contribution in [0.1, 0.15) is 30.0 Å². The highest BCUT2D eigenvalue weighted by atomic mass is 32.2. The maximum atomic E-state index is 12.9. The van der Waals surface area contributed by atoms with Gasteiger partial charge in [0.25, 0.3) is 0 Å². The van der Waals surface area contributed by atoms with E-state index in [0.29, 0.717) is 11.6 Å². The number of rotatable bonds is 6.